The molecular weight excluding hydrogens is 789 g/mol. The van der Waals surface area contributed by atoms with E-state index in [9.17, 15) is 0 Å². The first-order valence-electron chi connectivity index (χ1n) is 21.2. The van der Waals surface area contributed by atoms with Gasteiger partial charge in [-0.3, -0.25) is 0 Å². The number of furan rings is 2. The molecule has 0 bridgehead atoms. The lowest BCUT2D eigenvalue weighted by Crippen LogP contribution is -2.13. The van der Waals surface area contributed by atoms with E-state index in [2.05, 4.69) is 228 Å². The first-order chi connectivity index (χ1) is 31.2. The van der Waals surface area contributed by atoms with Gasteiger partial charge in [0, 0.05) is 87.5 Å². The Bertz CT molecular complexity index is 3840. The van der Waals surface area contributed by atoms with Crippen molar-refractivity contribution >= 4 is 120 Å². The number of anilines is 6. The Balaban J connectivity index is 0.976. The Morgan fingerprint density at radius 2 is 0.889 bits per heavy atom. The molecule has 10 aromatic carbocycles. The molecule has 13 rings (SSSR count). The van der Waals surface area contributed by atoms with Gasteiger partial charge in [0.25, 0.3) is 0 Å². The van der Waals surface area contributed by atoms with Crippen LogP contribution in [0.1, 0.15) is 0 Å². The predicted octanol–water partition coefficient (Wildman–Crippen LogP) is 17.6. The zero-order valence-corrected chi connectivity index (χ0v) is 34.7. The molecule has 4 nitrogen and oxygen atoms in total. The third-order valence-corrected chi connectivity index (χ3v) is 13.5. The van der Waals surface area contributed by atoms with Crippen molar-refractivity contribution < 1.29 is 8.83 Å². The molecule has 0 saturated heterocycles. The highest BCUT2D eigenvalue weighted by molar-refractivity contribution is 7.25. The molecule has 0 aliphatic carbocycles. The maximum atomic E-state index is 6.98. The summed E-state index contributed by atoms with van der Waals surface area (Å²) < 4.78 is 15.9. The van der Waals surface area contributed by atoms with Gasteiger partial charge in [-0.2, -0.15) is 0 Å². The molecule has 0 aliphatic heterocycles. The third-order valence-electron chi connectivity index (χ3n) is 12.4. The Labute approximate surface area is 366 Å². The van der Waals surface area contributed by atoms with E-state index in [1.807, 2.05) is 11.3 Å². The van der Waals surface area contributed by atoms with Crippen LogP contribution in [0.4, 0.5) is 34.1 Å². The van der Waals surface area contributed by atoms with Crippen LogP contribution in [0.2, 0.25) is 0 Å². The van der Waals surface area contributed by atoms with Crippen LogP contribution in [0.5, 0.6) is 0 Å². The number of hydrogen-bond donors (Lipinski definition) is 0. The Morgan fingerprint density at radius 1 is 0.302 bits per heavy atom. The Kier molecular flexibility index (Phi) is 8.05. The second kappa shape index (κ2) is 14.2. The van der Waals surface area contributed by atoms with Crippen molar-refractivity contribution in [1.82, 2.24) is 0 Å². The molecule has 3 aromatic heterocycles. The van der Waals surface area contributed by atoms with Gasteiger partial charge in [-0.15, -0.1) is 11.3 Å². The number of rotatable bonds is 7. The molecule has 5 heteroatoms. The van der Waals surface area contributed by atoms with Crippen molar-refractivity contribution in [1.29, 1.82) is 0 Å². The van der Waals surface area contributed by atoms with Crippen LogP contribution in [0.3, 0.4) is 0 Å². The van der Waals surface area contributed by atoms with Crippen molar-refractivity contribution in [2.45, 2.75) is 0 Å². The molecule has 296 valence electrons. The molecule has 3 heterocycles. The number of nitrogens with zero attached hydrogens (tertiary/aromatic N) is 2. The van der Waals surface area contributed by atoms with Crippen molar-refractivity contribution in [3.8, 4) is 11.1 Å². The van der Waals surface area contributed by atoms with Crippen LogP contribution in [0, 0.1) is 0 Å². The average Bonchev–Trinajstić information content (AvgIpc) is 4.02. The van der Waals surface area contributed by atoms with E-state index in [1.165, 1.54) is 30.9 Å². The number of hydrogen-bond acceptors (Lipinski definition) is 5. The molecule has 0 saturated carbocycles. The molecule has 0 atom stereocenters. The molecule has 0 amide bonds. The minimum Gasteiger partial charge on any atom is -0.456 e. The minimum atomic E-state index is 0.828. The smallest absolute Gasteiger partial charge is 0.143 e. The van der Waals surface area contributed by atoms with E-state index in [4.69, 9.17) is 8.83 Å². The van der Waals surface area contributed by atoms with Gasteiger partial charge in [0.1, 0.15) is 22.3 Å². The number of benzene rings is 10. The third kappa shape index (κ3) is 5.89. The normalized spacial score (nSPS) is 11.8. The van der Waals surface area contributed by atoms with Crippen molar-refractivity contribution in [2.75, 3.05) is 9.80 Å². The van der Waals surface area contributed by atoms with Gasteiger partial charge in [0.15, 0.2) is 0 Å². The van der Waals surface area contributed by atoms with E-state index in [0.29, 0.717) is 0 Å². The maximum Gasteiger partial charge on any atom is 0.143 e. The van der Waals surface area contributed by atoms with E-state index < -0.39 is 0 Å². The van der Waals surface area contributed by atoms with E-state index >= 15 is 0 Å². The van der Waals surface area contributed by atoms with E-state index in [0.717, 1.165) is 89.1 Å². The number of thiophene rings is 1. The molecule has 63 heavy (non-hydrogen) atoms. The summed E-state index contributed by atoms with van der Waals surface area (Å²) in [6, 6.07) is 77.9. The first kappa shape index (κ1) is 35.6. The fraction of sp³-hybridized carbons (Fsp3) is 0. The standard InChI is InChI=1S/C58H36N2O2S/c1-3-15-40(16-4-1)59(41-17-5-2-6-18-41)42-19-11-20-43(34-42)60(44-27-30-57-52(35-44)48-21-9-10-24-56(48)63-57)45-26-28-47-49-23-12-22-46(58(49)62-55(47)36-45)39-25-29-53-50(32-39)51-31-37-13-7-8-14-38(37)33-54(51)61-53/h1-36H. The van der Waals surface area contributed by atoms with Gasteiger partial charge < -0.3 is 18.6 Å². The van der Waals surface area contributed by atoms with Crippen molar-refractivity contribution in [3.05, 3.63) is 218 Å². The first-order valence-corrected chi connectivity index (χ1v) is 22.0. The van der Waals surface area contributed by atoms with Crippen LogP contribution in [0.25, 0.3) is 85.9 Å². The zero-order valence-electron chi connectivity index (χ0n) is 33.9. The summed E-state index contributed by atoms with van der Waals surface area (Å²) in [4.78, 5) is 4.67. The lowest BCUT2D eigenvalue weighted by Gasteiger charge is -2.29. The summed E-state index contributed by atoms with van der Waals surface area (Å²) in [5.74, 6) is 0. The monoisotopic (exact) mass is 824 g/mol. The van der Waals surface area contributed by atoms with Gasteiger partial charge in [-0.1, -0.05) is 109 Å². The van der Waals surface area contributed by atoms with Crippen molar-refractivity contribution in [2.24, 2.45) is 0 Å². The second-order valence-corrected chi connectivity index (χ2v) is 17.2. The van der Waals surface area contributed by atoms with Gasteiger partial charge in [0.05, 0.1) is 0 Å². The average molecular weight is 825 g/mol. The molecule has 0 unspecified atom stereocenters. The Morgan fingerprint density at radius 3 is 1.70 bits per heavy atom. The fourth-order valence-corrected chi connectivity index (χ4v) is 10.5. The fourth-order valence-electron chi connectivity index (χ4n) is 9.46. The molecule has 13 aromatic rings. The van der Waals surface area contributed by atoms with E-state index in [1.54, 1.807) is 0 Å². The highest BCUT2D eigenvalue weighted by atomic mass is 32.1. The largest absolute Gasteiger partial charge is 0.456 e. The van der Waals surface area contributed by atoms with Gasteiger partial charge in [-0.05, 0) is 119 Å². The molecular formula is C58H36N2O2S. The van der Waals surface area contributed by atoms with Gasteiger partial charge in [-0.25, -0.2) is 0 Å². The van der Waals surface area contributed by atoms with Crippen LogP contribution in [0.15, 0.2) is 227 Å². The quantitative estimate of drug-likeness (QED) is 0.160. The molecule has 0 aliphatic rings. The molecule has 0 fully saturated rings. The lowest BCUT2D eigenvalue weighted by molar-refractivity contribution is 0.668. The summed E-state index contributed by atoms with van der Waals surface area (Å²) in [7, 11) is 0. The maximum absolute atomic E-state index is 6.98. The topological polar surface area (TPSA) is 32.8 Å². The molecule has 0 N–H and O–H groups in total. The van der Waals surface area contributed by atoms with Crippen LogP contribution < -0.4 is 9.80 Å². The number of fused-ring (bicyclic) bond motifs is 10. The summed E-state index contributed by atoms with van der Waals surface area (Å²) in [6.07, 6.45) is 0. The second-order valence-electron chi connectivity index (χ2n) is 16.1. The minimum absolute atomic E-state index is 0.828. The molecule has 0 spiro atoms. The lowest BCUT2D eigenvalue weighted by atomic mass is 9.99. The predicted molar refractivity (Wildman–Crippen MR) is 266 cm³/mol. The van der Waals surface area contributed by atoms with Crippen LogP contribution >= 0.6 is 11.3 Å². The summed E-state index contributed by atoms with van der Waals surface area (Å²) in [6.45, 7) is 0. The van der Waals surface area contributed by atoms with E-state index in [-0.39, 0.29) is 0 Å². The highest BCUT2D eigenvalue weighted by Crippen LogP contribution is 2.45. The number of para-hydroxylation sites is 3. The van der Waals surface area contributed by atoms with Crippen LogP contribution in [-0.4, -0.2) is 0 Å². The van der Waals surface area contributed by atoms with Gasteiger partial charge >= 0.3 is 0 Å². The summed E-state index contributed by atoms with van der Waals surface area (Å²) in [5.41, 5.74) is 11.9. The zero-order chi connectivity index (χ0) is 41.4. The highest BCUT2D eigenvalue weighted by Gasteiger charge is 2.21. The summed E-state index contributed by atoms with van der Waals surface area (Å²) in [5, 5.41) is 9.24. The Hall–Kier alpha value is -8.12. The SMILES string of the molecule is c1ccc(N(c2ccccc2)c2cccc(N(c3ccc4c(c3)oc3c(-c5ccc6oc7cc8ccccc8cc7c6c5)cccc34)c3ccc4sc5ccccc5c4c3)c2)cc1. The van der Waals surface area contributed by atoms with Crippen molar-refractivity contribution in [3.63, 3.8) is 0 Å². The van der Waals surface area contributed by atoms with Crippen LogP contribution in [-0.2, 0) is 0 Å². The van der Waals surface area contributed by atoms with Gasteiger partial charge in [0.2, 0.25) is 0 Å². The summed E-state index contributed by atoms with van der Waals surface area (Å²) >= 11 is 1.84. The molecule has 0 radical (unpaired) electrons.